The van der Waals surface area contributed by atoms with E-state index >= 15 is 0 Å². The Bertz CT molecular complexity index is 1430. The Morgan fingerprint density at radius 1 is 0.939 bits per heavy atom. The van der Waals surface area contributed by atoms with Crippen molar-refractivity contribution < 1.29 is 65.3 Å². The fourth-order valence-electron chi connectivity index (χ4n) is 2.45. The van der Waals surface area contributed by atoms with Gasteiger partial charge in [0.05, 0.1) is 5.69 Å². The molecule has 0 atom stereocenters. The molecule has 0 amide bonds. The molecule has 0 aliphatic rings. The maximum absolute atomic E-state index is 12.3. The minimum absolute atomic E-state index is 0. The Morgan fingerprint density at radius 3 is 2.12 bits per heavy atom. The van der Waals surface area contributed by atoms with Crippen LogP contribution in [0.25, 0.3) is 0 Å². The van der Waals surface area contributed by atoms with Crippen LogP contribution in [0.15, 0.2) is 74.6 Å². The molecule has 0 heterocycles. The summed E-state index contributed by atoms with van der Waals surface area (Å²) in [6, 6.07) is 11.0. The summed E-state index contributed by atoms with van der Waals surface area (Å²) < 4.78 is 61.4. The molecule has 14 heteroatoms. The monoisotopic (exact) mass is 520 g/mol. The van der Waals surface area contributed by atoms with E-state index < -0.39 is 42.3 Å². The second kappa shape index (κ2) is 10.4. The Hall–Kier alpha value is -2.19. The maximum Gasteiger partial charge on any atom is 1.00 e. The predicted octanol–water partition coefficient (Wildman–Crippen LogP) is 0.861. The molecule has 3 aromatic carbocycles. The topological polar surface area (TPSA) is 166 Å². The molecule has 0 spiro atoms. The first kappa shape index (κ1) is 27.1. The van der Waals surface area contributed by atoms with Crippen LogP contribution in [0.3, 0.4) is 0 Å². The number of halogens is 1. The zero-order valence-electron chi connectivity index (χ0n) is 17.1. The summed E-state index contributed by atoms with van der Waals surface area (Å²) in [5.74, 6) is -1.94. The van der Waals surface area contributed by atoms with Crippen molar-refractivity contribution in [3.05, 3.63) is 65.2 Å². The number of aryl methyl sites for hydroxylation is 1. The first-order valence-corrected chi connectivity index (χ1v) is 11.8. The molecule has 0 bridgehead atoms. The molecule has 0 unspecified atom stereocenters. The molecule has 168 valence electrons. The van der Waals surface area contributed by atoms with E-state index in [1.54, 1.807) is 19.1 Å². The van der Waals surface area contributed by atoms with Gasteiger partial charge in [-0.1, -0.05) is 35.0 Å². The third-order valence-corrected chi connectivity index (χ3v) is 6.36. The van der Waals surface area contributed by atoms with E-state index in [1.165, 1.54) is 18.2 Å². The maximum atomic E-state index is 12.3. The van der Waals surface area contributed by atoms with Gasteiger partial charge in [0.25, 0.3) is 10.1 Å². The smallest absolute Gasteiger partial charge is 0.871 e. The van der Waals surface area contributed by atoms with Crippen LogP contribution in [-0.2, 0) is 20.2 Å². The molecule has 0 aromatic heterocycles. The zero-order chi connectivity index (χ0) is 23.7. The minimum Gasteiger partial charge on any atom is -0.871 e. The van der Waals surface area contributed by atoms with Crippen LogP contribution in [0.2, 0.25) is 5.02 Å². The predicted molar refractivity (Wildman–Crippen MR) is 112 cm³/mol. The van der Waals surface area contributed by atoms with Gasteiger partial charge in [-0.15, -0.1) is 5.11 Å². The van der Waals surface area contributed by atoms with Crippen molar-refractivity contribution in [1.82, 2.24) is 0 Å². The summed E-state index contributed by atoms with van der Waals surface area (Å²) in [7, 11) is -8.95. The van der Waals surface area contributed by atoms with Crippen LogP contribution in [-0.4, -0.2) is 26.5 Å². The minimum atomic E-state index is -4.79. The first-order valence-electron chi connectivity index (χ1n) is 8.61. The number of azo groups is 1. The Balaban J connectivity index is 0.00000385. The zero-order valence-corrected chi connectivity index (χ0v) is 21.5. The summed E-state index contributed by atoms with van der Waals surface area (Å²) in [5, 5.41) is 29.3. The molecule has 0 saturated heterocycles. The van der Waals surface area contributed by atoms with Crippen molar-refractivity contribution in [2.75, 3.05) is 0 Å². The van der Waals surface area contributed by atoms with Gasteiger partial charge in [-0.2, -0.15) is 21.9 Å². The van der Waals surface area contributed by atoms with E-state index in [0.29, 0.717) is 0 Å². The van der Waals surface area contributed by atoms with Crippen molar-refractivity contribution >= 4 is 43.2 Å². The molecule has 3 rings (SSSR count). The second-order valence-electron chi connectivity index (χ2n) is 6.43. The van der Waals surface area contributed by atoms with Crippen molar-refractivity contribution in [3.8, 4) is 17.2 Å². The number of nitrogens with zero attached hydrogens (tertiary/aromatic N) is 2. The van der Waals surface area contributed by atoms with E-state index in [9.17, 15) is 27.0 Å². The largest absolute Gasteiger partial charge is 1.00 e. The SMILES string of the molecule is Cc1ccc(S(=O)(=O)Oc2ccc(N=Nc3cc(Cl)cc(S(=O)(=O)O)c3O)c([O-])c2)cc1.[Na+]. The van der Waals surface area contributed by atoms with Gasteiger partial charge in [-0.3, -0.25) is 4.55 Å². The third-order valence-electron chi connectivity index (χ3n) is 4.01. The third kappa shape index (κ3) is 6.67. The van der Waals surface area contributed by atoms with E-state index in [2.05, 4.69) is 10.2 Å². The number of aromatic hydroxyl groups is 1. The van der Waals surface area contributed by atoms with Gasteiger partial charge in [0.2, 0.25) is 0 Å². The standard InChI is InChI=1S/C19H15ClN2O8S2.Na/c1-11-2-5-14(6-3-11)32(28,29)30-13-4-7-15(17(23)10-13)21-22-16-8-12(20)9-18(19(16)24)31(25,26)27;/h2-10,23-24H,1H3,(H,25,26,27);/q;+1/p-1. The molecule has 0 saturated carbocycles. The molecule has 2 N–H and O–H groups in total. The fraction of sp³-hybridized carbons (Fsp3) is 0.0526. The van der Waals surface area contributed by atoms with Crippen molar-refractivity contribution in [3.63, 3.8) is 0 Å². The fourth-order valence-corrected chi connectivity index (χ4v) is 4.27. The molecule has 3 aromatic rings. The van der Waals surface area contributed by atoms with Crippen molar-refractivity contribution in [2.24, 2.45) is 10.2 Å². The van der Waals surface area contributed by atoms with Gasteiger partial charge in [-0.05, 0) is 49.4 Å². The molecule has 10 nitrogen and oxygen atoms in total. The number of benzene rings is 3. The van der Waals surface area contributed by atoms with Crippen molar-refractivity contribution in [2.45, 2.75) is 16.7 Å². The summed E-state index contributed by atoms with van der Waals surface area (Å²) in [6.45, 7) is 1.79. The van der Waals surface area contributed by atoms with Crippen LogP contribution < -0.4 is 38.8 Å². The van der Waals surface area contributed by atoms with E-state index in [1.807, 2.05) is 0 Å². The van der Waals surface area contributed by atoms with Crippen LogP contribution in [0, 0.1) is 6.92 Å². The molecule has 33 heavy (non-hydrogen) atoms. The number of rotatable bonds is 6. The average Bonchev–Trinajstić information content (AvgIpc) is 2.68. The quantitative estimate of drug-likeness (QED) is 0.209. The normalized spacial score (nSPS) is 11.8. The summed E-state index contributed by atoms with van der Waals surface area (Å²) in [6.07, 6.45) is 0. The van der Waals surface area contributed by atoms with Crippen LogP contribution in [0.1, 0.15) is 5.56 Å². The Kier molecular flexibility index (Phi) is 8.52. The molecule has 0 fully saturated rings. The number of hydrogen-bond acceptors (Lipinski definition) is 9. The number of phenolic OH excluding ortho intramolecular Hbond substituents is 1. The van der Waals surface area contributed by atoms with Gasteiger partial charge in [0.15, 0.2) is 5.75 Å². The molecule has 0 radical (unpaired) electrons. The molecular weight excluding hydrogens is 507 g/mol. The summed E-state index contributed by atoms with van der Waals surface area (Å²) in [4.78, 5) is -0.975. The molecular formula is C19H14ClN2NaO8S2. The van der Waals surface area contributed by atoms with E-state index in [-0.39, 0.29) is 50.9 Å². The second-order valence-corrected chi connectivity index (χ2v) is 9.80. The van der Waals surface area contributed by atoms with Gasteiger partial charge < -0.3 is 14.4 Å². The average molecular weight is 521 g/mol. The van der Waals surface area contributed by atoms with Gasteiger partial charge in [-0.25, -0.2) is 0 Å². The van der Waals surface area contributed by atoms with Gasteiger partial charge in [0, 0.05) is 5.02 Å². The number of hydrogen-bond donors (Lipinski definition) is 2. The Morgan fingerprint density at radius 2 is 1.55 bits per heavy atom. The summed E-state index contributed by atoms with van der Waals surface area (Å²) >= 11 is 5.76. The van der Waals surface area contributed by atoms with Gasteiger partial charge >= 0.3 is 39.7 Å². The van der Waals surface area contributed by atoms with Crippen LogP contribution in [0.4, 0.5) is 11.4 Å². The van der Waals surface area contributed by atoms with Gasteiger partial charge in [0.1, 0.15) is 21.2 Å². The number of phenols is 1. The molecule has 0 aliphatic carbocycles. The van der Waals surface area contributed by atoms with E-state index in [4.69, 9.17) is 20.3 Å². The molecule has 0 aliphatic heterocycles. The summed E-state index contributed by atoms with van der Waals surface area (Å²) in [5.41, 5.74) is 0.166. The van der Waals surface area contributed by atoms with Crippen LogP contribution in [0.5, 0.6) is 17.2 Å². The Labute approximate surface area is 216 Å². The first-order chi connectivity index (χ1) is 14.9. The van der Waals surface area contributed by atoms with Crippen LogP contribution >= 0.6 is 11.6 Å². The van der Waals surface area contributed by atoms with E-state index in [0.717, 1.165) is 29.8 Å². The van der Waals surface area contributed by atoms with Crippen molar-refractivity contribution in [1.29, 1.82) is 0 Å².